The molecule has 8 heteroatoms. The first-order valence-electron chi connectivity index (χ1n) is 9.14. The number of likely N-dealkylation sites (tertiary alicyclic amines) is 1. The zero-order chi connectivity index (χ0) is 18.1. The molecule has 1 atom stereocenters. The molecule has 25 heavy (non-hydrogen) atoms. The van der Waals surface area contributed by atoms with E-state index >= 15 is 0 Å². The predicted molar refractivity (Wildman–Crippen MR) is 99.8 cm³/mol. The summed E-state index contributed by atoms with van der Waals surface area (Å²) < 4.78 is 12.1. The van der Waals surface area contributed by atoms with Crippen LogP contribution in [0.4, 0.5) is 5.95 Å². The van der Waals surface area contributed by atoms with Crippen LogP contribution in [0.25, 0.3) is 0 Å². The van der Waals surface area contributed by atoms with Crippen LogP contribution in [0.3, 0.4) is 0 Å². The second kappa shape index (κ2) is 7.19. The molecule has 3 heterocycles. The first-order chi connectivity index (χ1) is 11.8. The van der Waals surface area contributed by atoms with E-state index in [0.717, 1.165) is 38.2 Å². The molecule has 0 amide bonds. The number of aromatic nitrogens is 2. The molecule has 2 fully saturated rings. The topological polar surface area (TPSA) is 85.5 Å². The maximum Gasteiger partial charge on any atom is 0.498 e. The number of hydrogen-bond acceptors (Lipinski definition) is 7. The number of anilines is 1. The zero-order valence-electron chi connectivity index (χ0n) is 15.8. The molecule has 0 saturated carbocycles. The number of hydrogen-bond donors (Lipinski definition) is 2. The summed E-state index contributed by atoms with van der Waals surface area (Å²) in [6.07, 6.45) is 4.76. The Balaban J connectivity index is 1.52. The maximum absolute atomic E-state index is 6.03. The van der Waals surface area contributed by atoms with Crippen molar-refractivity contribution in [2.45, 2.75) is 45.3 Å². The van der Waals surface area contributed by atoms with Gasteiger partial charge < -0.3 is 25.3 Å². The first kappa shape index (κ1) is 18.6. The van der Waals surface area contributed by atoms with E-state index in [4.69, 9.17) is 15.0 Å². The van der Waals surface area contributed by atoms with Crippen molar-refractivity contribution in [2.75, 3.05) is 38.0 Å². The summed E-state index contributed by atoms with van der Waals surface area (Å²) in [5.41, 5.74) is 5.76. The molecule has 1 aromatic rings. The van der Waals surface area contributed by atoms with Gasteiger partial charge in [-0.1, -0.05) is 0 Å². The summed E-state index contributed by atoms with van der Waals surface area (Å²) in [7, 11) is -0.418. The molecular weight excluding hydrogens is 317 g/mol. The fraction of sp³-hybridized carbons (Fsp3) is 0.765. The lowest BCUT2D eigenvalue weighted by Crippen LogP contribution is -2.41. The summed E-state index contributed by atoms with van der Waals surface area (Å²) in [4.78, 5) is 11.2. The van der Waals surface area contributed by atoms with Crippen LogP contribution in [0.5, 0.6) is 0 Å². The highest BCUT2D eigenvalue weighted by atomic mass is 16.7. The van der Waals surface area contributed by atoms with Gasteiger partial charge >= 0.3 is 7.12 Å². The molecule has 0 aliphatic carbocycles. The quantitative estimate of drug-likeness (QED) is 0.724. The van der Waals surface area contributed by atoms with Crippen molar-refractivity contribution >= 4 is 18.5 Å². The second-order valence-electron chi connectivity index (χ2n) is 8.05. The minimum absolute atomic E-state index is 0.355. The van der Waals surface area contributed by atoms with Gasteiger partial charge in [0, 0.05) is 44.0 Å². The van der Waals surface area contributed by atoms with Gasteiger partial charge in [0.05, 0.1) is 11.2 Å². The lowest BCUT2D eigenvalue weighted by atomic mass is 9.81. The summed E-state index contributed by atoms with van der Waals surface area (Å²) in [6, 6.07) is 0. The smallest absolute Gasteiger partial charge is 0.399 e. The van der Waals surface area contributed by atoms with Gasteiger partial charge in [0.25, 0.3) is 0 Å². The minimum Gasteiger partial charge on any atom is -0.399 e. The van der Waals surface area contributed by atoms with Crippen LogP contribution in [-0.2, 0) is 9.31 Å². The molecule has 0 spiro atoms. The molecular formula is C17H30BN5O2. The molecule has 1 unspecified atom stereocenters. The first-order valence-corrected chi connectivity index (χ1v) is 9.14. The van der Waals surface area contributed by atoms with Crippen molar-refractivity contribution in [1.82, 2.24) is 14.9 Å². The number of nitrogens with two attached hydrogens (primary N) is 1. The average Bonchev–Trinajstić information content (AvgIpc) is 3.08. The molecule has 1 aromatic heterocycles. The van der Waals surface area contributed by atoms with Crippen molar-refractivity contribution in [3.05, 3.63) is 12.4 Å². The van der Waals surface area contributed by atoms with Crippen molar-refractivity contribution in [3.8, 4) is 0 Å². The van der Waals surface area contributed by atoms with Gasteiger partial charge in [-0.2, -0.15) is 0 Å². The summed E-state index contributed by atoms with van der Waals surface area (Å²) in [5, 5.41) is 3.34. The molecule has 2 saturated heterocycles. The molecule has 7 nitrogen and oxygen atoms in total. The second-order valence-corrected chi connectivity index (χ2v) is 8.05. The minimum atomic E-state index is -0.418. The molecule has 0 aromatic carbocycles. The Bertz CT molecular complexity index is 565. The van der Waals surface area contributed by atoms with Crippen molar-refractivity contribution < 1.29 is 9.31 Å². The van der Waals surface area contributed by atoms with E-state index < -0.39 is 7.12 Å². The van der Waals surface area contributed by atoms with Gasteiger partial charge in [-0.15, -0.1) is 0 Å². The number of nitrogens with one attached hydrogen (secondary N) is 1. The Labute approximate surface area is 150 Å². The SMILES string of the molecule is CC1(C)OB(c2cnc(NCC3CCN(CCN)C3)nc2)OC1(C)C. The average molecular weight is 347 g/mol. The summed E-state index contributed by atoms with van der Waals surface area (Å²) in [5.74, 6) is 1.27. The van der Waals surface area contributed by atoms with E-state index in [1.807, 2.05) is 27.7 Å². The van der Waals surface area contributed by atoms with Crippen LogP contribution >= 0.6 is 0 Å². The Morgan fingerprint density at radius 3 is 2.48 bits per heavy atom. The van der Waals surface area contributed by atoms with Gasteiger partial charge in [-0.05, 0) is 46.6 Å². The van der Waals surface area contributed by atoms with E-state index in [9.17, 15) is 0 Å². The molecule has 0 bridgehead atoms. The van der Waals surface area contributed by atoms with Gasteiger partial charge in [0.1, 0.15) is 0 Å². The van der Waals surface area contributed by atoms with Crippen molar-refractivity contribution in [1.29, 1.82) is 0 Å². The van der Waals surface area contributed by atoms with Crippen LogP contribution in [0.2, 0.25) is 0 Å². The molecule has 3 N–H and O–H groups in total. The lowest BCUT2D eigenvalue weighted by Gasteiger charge is -2.32. The molecule has 3 rings (SSSR count). The van der Waals surface area contributed by atoms with Crippen molar-refractivity contribution in [3.63, 3.8) is 0 Å². The maximum atomic E-state index is 6.03. The Morgan fingerprint density at radius 1 is 1.24 bits per heavy atom. The Morgan fingerprint density at radius 2 is 1.88 bits per heavy atom. The van der Waals surface area contributed by atoms with E-state index in [0.29, 0.717) is 11.9 Å². The molecule has 0 radical (unpaired) electrons. The Hall–Kier alpha value is -1.22. The van der Waals surface area contributed by atoms with Crippen LogP contribution < -0.4 is 16.5 Å². The van der Waals surface area contributed by atoms with E-state index in [2.05, 4.69) is 20.2 Å². The zero-order valence-corrected chi connectivity index (χ0v) is 15.8. The standard InChI is InChI=1S/C17H30BN5O2/c1-16(2)17(3,4)25-18(24-16)14-10-21-15(22-11-14)20-9-13-5-7-23(12-13)8-6-19/h10-11,13H,5-9,12,19H2,1-4H3,(H,20,21,22). The normalized spacial score (nSPS) is 25.5. The number of rotatable bonds is 6. The molecule has 2 aliphatic heterocycles. The van der Waals surface area contributed by atoms with Crippen LogP contribution in [0.15, 0.2) is 12.4 Å². The van der Waals surface area contributed by atoms with Gasteiger partial charge in [0.2, 0.25) is 5.95 Å². The molecule has 138 valence electrons. The van der Waals surface area contributed by atoms with Gasteiger partial charge in [-0.3, -0.25) is 0 Å². The van der Waals surface area contributed by atoms with Crippen molar-refractivity contribution in [2.24, 2.45) is 11.7 Å². The molecule has 2 aliphatic rings. The third-order valence-electron chi connectivity index (χ3n) is 5.56. The van der Waals surface area contributed by atoms with Crippen LogP contribution in [0.1, 0.15) is 34.1 Å². The van der Waals surface area contributed by atoms with E-state index in [-0.39, 0.29) is 11.2 Å². The highest BCUT2D eigenvalue weighted by Crippen LogP contribution is 2.36. The highest BCUT2D eigenvalue weighted by Gasteiger charge is 2.51. The Kier molecular flexibility index (Phi) is 5.34. The summed E-state index contributed by atoms with van der Waals surface area (Å²) in [6.45, 7) is 13.0. The summed E-state index contributed by atoms with van der Waals surface area (Å²) >= 11 is 0. The van der Waals surface area contributed by atoms with Crippen LogP contribution in [-0.4, -0.2) is 65.9 Å². The van der Waals surface area contributed by atoms with Crippen LogP contribution in [0, 0.1) is 5.92 Å². The third-order valence-corrected chi connectivity index (χ3v) is 5.56. The van der Waals surface area contributed by atoms with Gasteiger partial charge in [0.15, 0.2) is 0 Å². The lowest BCUT2D eigenvalue weighted by molar-refractivity contribution is 0.00578. The fourth-order valence-electron chi connectivity index (χ4n) is 3.23. The third kappa shape index (κ3) is 4.14. The van der Waals surface area contributed by atoms with Gasteiger partial charge in [-0.25, -0.2) is 9.97 Å². The number of nitrogens with zero attached hydrogens (tertiary/aromatic N) is 3. The monoisotopic (exact) mass is 347 g/mol. The highest BCUT2D eigenvalue weighted by molar-refractivity contribution is 6.61. The van der Waals surface area contributed by atoms with E-state index in [1.165, 1.54) is 6.42 Å². The largest absolute Gasteiger partial charge is 0.498 e. The predicted octanol–water partition coefficient (Wildman–Crippen LogP) is 0.468. The fourth-order valence-corrected chi connectivity index (χ4v) is 3.23. The van der Waals surface area contributed by atoms with E-state index in [1.54, 1.807) is 12.4 Å².